The first kappa shape index (κ1) is 19.8. The standard InChI is InChI=1S/C23H18N2O3Te2/c1-24-15-7-3-5-9-17(15)29-19(24)11-13-21(26)14(23(28)22(13)27)12-20-25(2)16-8-4-6-10-18(16)30-20/h3-12,26H,1-2H3,(H,27,28)/b19-11+,20-12+. The summed E-state index contributed by atoms with van der Waals surface area (Å²) < 4.78 is 4.70. The molecule has 2 aromatic rings. The van der Waals surface area contributed by atoms with Crippen molar-refractivity contribution in [3.05, 3.63) is 90.8 Å². The molecule has 0 amide bonds. The van der Waals surface area contributed by atoms with Crippen molar-refractivity contribution in [2.24, 2.45) is 0 Å². The third kappa shape index (κ3) is 3.09. The van der Waals surface area contributed by atoms with E-state index in [1.165, 1.54) is 7.22 Å². The van der Waals surface area contributed by atoms with E-state index in [1.54, 1.807) is 12.2 Å². The summed E-state index contributed by atoms with van der Waals surface area (Å²) in [5.41, 5.74) is 2.70. The summed E-state index contributed by atoms with van der Waals surface area (Å²) in [6.07, 6.45) is 3.53. The summed E-state index contributed by atoms with van der Waals surface area (Å²) in [5.74, 6) is -1.02. The van der Waals surface area contributed by atoms with Gasteiger partial charge >= 0.3 is 196 Å². The molecule has 3 aliphatic rings. The fourth-order valence-electron chi connectivity index (χ4n) is 3.63. The van der Waals surface area contributed by atoms with Gasteiger partial charge in [-0.2, -0.15) is 0 Å². The normalized spacial score (nSPS) is 20.8. The number of hydrogen-bond acceptors (Lipinski definition) is 5. The molecule has 0 unspecified atom stereocenters. The third-order valence-corrected chi connectivity index (χ3v) is 12.0. The van der Waals surface area contributed by atoms with Gasteiger partial charge in [-0.15, -0.1) is 0 Å². The van der Waals surface area contributed by atoms with Gasteiger partial charge in [-0.25, -0.2) is 0 Å². The first-order valence-electron chi connectivity index (χ1n) is 9.32. The number of carbonyl (C=O) groups excluding carboxylic acids is 1. The van der Waals surface area contributed by atoms with Crippen LogP contribution in [0.25, 0.3) is 0 Å². The average molecular weight is 626 g/mol. The van der Waals surface area contributed by atoms with E-state index in [1.807, 2.05) is 38.4 Å². The third-order valence-electron chi connectivity index (χ3n) is 5.30. The molecule has 2 aliphatic heterocycles. The van der Waals surface area contributed by atoms with E-state index < -0.39 is 47.6 Å². The molecule has 0 bridgehead atoms. The predicted molar refractivity (Wildman–Crippen MR) is 121 cm³/mol. The number of aliphatic hydroxyl groups is 2. The Labute approximate surface area is 194 Å². The molecule has 0 radical (unpaired) electrons. The number of fused-ring (bicyclic) bond motifs is 2. The van der Waals surface area contributed by atoms with Crippen molar-refractivity contribution in [1.82, 2.24) is 0 Å². The Kier molecular flexibility index (Phi) is 4.96. The number of ketones is 1. The zero-order chi connectivity index (χ0) is 21.0. The van der Waals surface area contributed by atoms with Gasteiger partial charge < -0.3 is 0 Å². The fourth-order valence-corrected chi connectivity index (χ4v) is 9.87. The second kappa shape index (κ2) is 7.52. The van der Waals surface area contributed by atoms with Gasteiger partial charge in [-0.3, -0.25) is 0 Å². The number of hydrogen-bond donors (Lipinski definition) is 2. The fraction of sp³-hybridized carbons (Fsp3) is 0.0870. The number of anilines is 2. The summed E-state index contributed by atoms with van der Waals surface area (Å²) in [7, 11) is 3.96. The number of carbonyl (C=O) groups is 1. The van der Waals surface area contributed by atoms with E-state index in [0.29, 0.717) is 0 Å². The molecule has 0 saturated heterocycles. The Morgan fingerprint density at radius 1 is 0.733 bits per heavy atom. The number of rotatable bonds is 2. The van der Waals surface area contributed by atoms with E-state index in [9.17, 15) is 15.0 Å². The van der Waals surface area contributed by atoms with Crippen molar-refractivity contribution in [3.63, 3.8) is 0 Å². The molecule has 0 aromatic heterocycles. The molecule has 7 heteroatoms. The van der Waals surface area contributed by atoms with Gasteiger partial charge in [-0.05, 0) is 0 Å². The Morgan fingerprint density at radius 2 is 1.20 bits per heavy atom. The number of nitrogens with zero attached hydrogens (tertiary/aromatic N) is 2. The molecule has 5 rings (SSSR count). The van der Waals surface area contributed by atoms with Crippen LogP contribution in [0.1, 0.15) is 0 Å². The molecule has 30 heavy (non-hydrogen) atoms. The van der Waals surface area contributed by atoms with Crippen molar-refractivity contribution >= 4 is 66.2 Å². The monoisotopic (exact) mass is 630 g/mol. The van der Waals surface area contributed by atoms with Crippen molar-refractivity contribution in [2.45, 2.75) is 0 Å². The second-order valence-corrected chi connectivity index (χ2v) is 13.1. The molecule has 150 valence electrons. The van der Waals surface area contributed by atoms with Crippen LogP contribution in [0.2, 0.25) is 0 Å². The van der Waals surface area contributed by atoms with Gasteiger partial charge in [0.1, 0.15) is 0 Å². The maximum atomic E-state index is 12.8. The molecule has 0 fully saturated rings. The molecule has 0 atom stereocenters. The van der Waals surface area contributed by atoms with Crippen molar-refractivity contribution in [2.75, 3.05) is 23.9 Å². The zero-order valence-electron chi connectivity index (χ0n) is 16.3. The van der Waals surface area contributed by atoms with Gasteiger partial charge in [-0.1, -0.05) is 0 Å². The van der Waals surface area contributed by atoms with Crippen molar-refractivity contribution in [1.29, 1.82) is 0 Å². The van der Waals surface area contributed by atoms with Crippen molar-refractivity contribution < 1.29 is 15.0 Å². The number of Topliss-reactive ketones (excluding diaryl/α,β-unsaturated/α-hetero) is 1. The van der Waals surface area contributed by atoms with Gasteiger partial charge in [0.2, 0.25) is 0 Å². The summed E-state index contributed by atoms with van der Waals surface area (Å²) in [4.78, 5) is 16.9. The quantitative estimate of drug-likeness (QED) is 0.500. The van der Waals surface area contributed by atoms with Crippen LogP contribution >= 0.6 is 0 Å². The molecule has 2 N–H and O–H groups in total. The van der Waals surface area contributed by atoms with E-state index >= 15 is 0 Å². The van der Waals surface area contributed by atoms with Gasteiger partial charge in [0, 0.05) is 0 Å². The Morgan fingerprint density at radius 3 is 1.70 bits per heavy atom. The van der Waals surface area contributed by atoms with Crippen molar-refractivity contribution in [3.8, 4) is 0 Å². The van der Waals surface area contributed by atoms with Gasteiger partial charge in [0.15, 0.2) is 0 Å². The van der Waals surface area contributed by atoms with E-state index in [0.717, 1.165) is 18.9 Å². The van der Waals surface area contributed by atoms with Crippen LogP contribution in [0.3, 0.4) is 0 Å². The van der Waals surface area contributed by atoms with Crippen LogP contribution in [0.4, 0.5) is 11.4 Å². The summed E-state index contributed by atoms with van der Waals surface area (Å²) >= 11 is -1.30. The first-order chi connectivity index (χ1) is 14.5. The summed E-state index contributed by atoms with van der Waals surface area (Å²) in [5, 5.41) is 21.4. The summed E-state index contributed by atoms with van der Waals surface area (Å²) in [6, 6.07) is 16.4. The predicted octanol–water partition coefficient (Wildman–Crippen LogP) is 1.84. The molecule has 5 nitrogen and oxygen atoms in total. The van der Waals surface area contributed by atoms with E-state index in [2.05, 4.69) is 34.1 Å². The first-order valence-corrected chi connectivity index (χ1v) is 14.0. The number of aliphatic hydroxyl groups excluding tert-OH is 2. The number of benzene rings is 2. The molecular weight excluding hydrogens is 607 g/mol. The number of para-hydroxylation sites is 2. The Hall–Kier alpha value is -2.15. The van der Waals surface area contributed by atoms with E-state index in [-0.39, 0.29) is 22.7 Å². The van der Waals surface area contributed by atoms with Crippen LogP contribution < -0.4 is 17.0 Å². The Balaban J connectivity index is 1.49. The second-order valence-electron chi connectivity index (χ2n) is 7.08. The van der Waals surface area contributed by atoms with Crippen LogP contribution in [0, 0.1) is 0 Å². The molecule has 1 aliphatic carbocycles. The zero-order valence-corrected chi connectivity index (χ0v) is 20.9. The molecule has 0 saturated carbocycles. The van der Waals surface area contributed by atoms with Gasteiger partial charge in [0.25, 0.3) is 0 Å². The Bertz CT molecular complexity index is 1230. The van der Waals surface area contributed by atoms with Gasteiger partial charge in [0.05, 0.1) is 0 Å². The average Bonchev–Trinajstić information content (AvgIpc) is 3.31. The molecular formula is C23H18N2O3Te2. The van der Waals surface area contributed by atoms with Crippen LogP contribution in [0.5, 0.6) is 0 Å². The molecule has 0 spiro atoms. The molecule has 2 heterocycles. The molecule has 2 aromatic carbocycles. The van der Waals surface area contributed by atoms with Crippen LogP contribution in [-0.4, -0.2) is 71.9 Å². The summed E-state index contributed by atoms with van der Waals surface area (Å²) in [6.45, 7) is 0. The minimum atomic E-state index is -0.656. The van der Waals surface area contributed by atoms with Crippen LogP contribution in [0.15, 0.2) is 90.8 Å². The van der Waals surface area contributed by atoms with E-state index in [4.69, 9.17) is 0 Å². The SMILES string of the molecule is CN1/C(=C\C2=C(O)C(/C=C3/[Te]c4ccccc4N3C)=C(O)C2=O)[Te]c2ccccc21. The van der Waals surface area contributed by atoms with Crippen LogP contribution in [-0.2, 0) is 4.79 Å². The maximum absolute atomic E-state index is 12.8. The number of allylic oxidation sites excluding steroid dienone is 3. The minimum absolute atomic E-state index is 0.133. The topological polar surface area (TPSA) is 64.0 Å².